The largest absolute Gasteiger partial charge is 0.495 e. The summed E-state index contributed by atoms with van der Waals surface area (Å²) in [6, 6.07) is 10.2. The molecule has 0 amide bonds. The highest BCUT2D eigenvalue weighted by Gasteiger charge is 2.21. The summed E-state index contributed by atoms with van der Waals surface area (Å²) in [5.41, 5.74) is 9.30. The molecule has 4 N–H and O–H groups in total. The summed E-state index contributed by atoms with van der Waals surface area (Å²) in [4.78, 5) is 9.94. The smallest absolute Gasteiger partial charge is 0.240 e. The number of rotatable bonds is 7. The molecule has 2 heterocycles. The molecule has 0 fully saturated rings. The van der Waals surface area contributed by atoms with Gasteiger partial charge in [0.05, 0.1) is 35.6 Å². The van der Waals surface area contributed by atoms with Crippen LogP contribution in [0.3, 0.4) is 0 Å². The maximum atomic E-state index is 14.7. The topological polar surface area (TPSA) is 121 Å². The molecule has 174 valence electrons. The number of hydrogen-bond donors (Lipinski definition) is 4. The number of hydrazine groups is 1. The minimum absolute atomic E-state index is 0.0289. The van der Waals surface area contributed by atoms with Gasteiger partial charge in [0, 0.05) is 12.7 Å². The normalized spacial score (nSPS) is 15.0. The second-order valence-corrected chi connectivity index (χ2v) is 9.27. The summed E-state index contributed by atoms with van der Waals surface area (Å²) in [6.07, 6.45) is 1.05. The minimum Gasteiger partial charge on any atom is -0.495 e. The zero-order valence-electron chi connectivity index (χ0n) is 18.5. The molecule has 0 saturated carbocycles. The molecular formula is C21H24FN7O3S. The van der Waals surface area contributed by atoms with Gasteiger partial charge in [0.2, 0.25) is 16.0 Å². The summed E-state index contributed by atoms with van der Waals surface area (Å²) in [6.45, 7) is 2.04. The number of anilines is 5. The van der Waals surface area contributed by atoms with E-state index in [0.29, 0.717) is 11.4 Å². The predicted molar refractivity (Wildman–Crippen MR) is 124 cm³/mol. The van der Waals surface area contributed by atoms with Crippen molar-refractivity contribution in [3.63, 3.8) is 0 Å². The first-order valence-electron chi connectivity index (χ1n) is 10.0. The Kier molecular flexibility index (Phi) is 6.06. The Balaban J connectivity index is 1.66. The predicted octanol–water partition coefficient (Wildman–Crippen LogP) is 3.04. The van der Waals surface area contributed by atoms with Gasteiger partial charge in [0.1, 0.15) is 5.75 Å². The van der Waals surface area contributed by atoms with Gasteiger partial charge in [-0.3, -0.25) is 0 Å². The molecule has 1 aliphatic heterocycles. The van der Waals surface area contributed by atoms with Crippen LogP contribution in [0.1, 0.15) is 18.5 Å². The van der Waals surface area contributed by atoms with E-state index in [4.69, 9.17) is 4.74 Å². The molecule has 0 saturated heterocycles. The molecule has 0 bridgehead atoms. The van der Waals surface area contributed by atoms with Crippen molar-refractivity contribution in [2.75, 3.05) is 36.8 Å². The number of nitrogens with zero attached hydrogens (tertiary/aromatic N) is 3. The third-order valence-electron chi connectivity index (χ3n) is 5.35. The van der Waals surface area contributed by atoms with Gasteiger partial charge in [0.25, 0.3) is 0 Å². The molecule has 2 aromatic carbocycles. The first-order valence-corrected chi connectivity index (χ1v) is 11.5. The first-order chi connectivity index (χ1) is 15.7. The zero-order chi connectivity index (χ0) is 23.8. The highest BCUT2D eigenvalue weighted by atomic mass is 32.2. The van der Waals surface area contributed by atoms with Crippen LogP contribution in [-0.2, 0) is 10.0 Å². The van der Waals surface area contributed by atoms with Gasteiger partial charge in [-0.05, 0) is 49.9 Å². The lowest BCUT2D eigenvalue weighted by molar-refractivity contribution is 0.416. The van der Waals surface area contributed by atoms with Crippen molar-refractivity contribution < 1.29 is 17.5 Å². The van der Waals surface area contributed by atoms with Crippen molar-refractivity contribution in [3.05, 3.63) is 54.0 Å². The number of methoxy groups -OCH3 is 1. The van der Waals surface area contributed by atoms with Crippen LogP contribution in [0.4, 0.5) is 33.2 Å². The molecule has 10 nitrogen and oxygen atoms in total. The van der Waals surface area contributed by atoms with Crippen LogP contribution in [0, 0.1) is 5.82 Å². The van der Waals surface area contributed by atoms with Gasteiger partial charge in [-0.15, -0.1) is 0 Å². The van der Waals surface area contributed by atoms with Gasteiger partial charge < -0.3 is 20.4 Å². The van der Waals surface area contributed by atoms with E-state index in [-0.39, 0.29) is 22.7 Å². The number of fused-ring (bicyclic) bond motifs is 1. The third-order valence-corrected chi connectivity index (χ3v) is 6.77. The lowest BCUT2D eigenvalue weighted by Gasteiger charge is -2.20. The van der Waals surface area contributed by atoms with Crippen molar-refractivity contribution >= 4 is 38.9 Å². The quantitative estimate of drug-likeness (QED) is 0.410. The van der Waals surface area contributed by atoms with E-state index in [0.717, 1.165) is 23.1 Å². The molecule has 3 aromatic rings. The fourth-order valence-corrected chi connectivity index (χ4v) is 4.22. The van der Waals surface area contributed by atoms with Gasteiger partial charge >= 0.3 is 0 Å². The van der Waals surface area contributed by atoms with E-state index < -0.39 is 15.8 Å². The van der Waals surface area contributed by atoms with Crippen molar-refractivity contribution in [2.24, 2.45) is 0 Å². The number of benzene rings is 2. The molecular weight excluding hydrogens is 449 g/mol. The lowest BCUT2D eigenvalue weighted by atomic mass is 10.1. The summed E-state index contributed by atoms with van der Waals surface area (Å²) >= 11 is 0. The third kappa shape index (κ3) is 4.40. The molecule has 1 atom stereocenters. The van der Waals surface area contributed by atoms with Crippen LogP contribution in [0.2, 0.25) is 0 Å². The van der Waals surface area contributed by atoms with E-state index in [1.54, 1.807) is 11.9 Å². The standard InChI is InChI=1S/C21H24FN7O3S/c1-12-15-7-5-13(9-17(15)28-27-12)29(3)20-16(22)11-24-21(26-20)25-18-10-14(33(30,31)23-2)6-8-19(18)32-4/h5-12,23,27-28H,1-4H3,(H,24,25,26). The molecule has 1 aromatic heterocycles. The van der Waals surface area contributed by atoms with Gasteiger partial charge in [0.15, 0.2) is 11.6 Å². The second kappa shape index (κ2) is 8.81. The highest BCUT2D eigenvalue weighted by molar-refractivity contribution is 7.89. The highest BCUT2D eigenvalue weighted by Crippen LogP contribution is 2.35. The molecule has 1 unspecified atom stereocenters. The first kappa shape index (κ1) is 22.7. The maximum Gasteiger partial charge on any atom is 0.240 e. The number of nitrogens with one attached hydrogen (secondary N) is 4. The molecule has 0 aliphatic carbocycles. The Hall–Kier alpha value is -3.48. The van der Waals surface area contributed by atoms with Crippen molar-refractivity contribution in [3.8, 4) is 5.75 Å². The average Bonchev–Trinajstić information content (AvgIpc) is 3.19. The monoisotopic (exact) mass is 473 g/mol. The SMILES string of the molecule is CNS(=O)(=O)c1ccc(OC)c(Nc2ncc(F)c(N(C)c3ccc4c(c3)NNC4C)n2)c1. The number of ether oxygens (including phenoxy) is 1. The summed E-state index contributed by atoms with van der Waals surface area (Å²) in [7, 11) is 0.797. The summed E-state index contributed by atoms with van der Waals surface area (Å²) in [5, 5.41) is 2.93. The van der Waals surface area contributed by atoms with Gasteiger partial charge in [-0.2, -0.15) is 4.98 Å². The Labute approximate surface area is 191 Å². The molecule has 33 heavy (non-hydrogen) atoms. The van der Waals surface area contributed by atoms with E-state index in [2.05, 4.69) is 30.9 Å². The van der Waals surface area contributed by atoms with E-state index in [1.807, 2.05) is 25.1 Å². The van der Waals surface area contributed by atoms with E-state index in [1.165, 1.54) is 32.4 Å². The van der Waals surface area contributed by atoms with Crippen LogP contribution in [-0.4, -0.2) is 39.6 Å². The van der Waals surface area contributed by atoms with Crippen LogP contribution in [0.25, 0.3) is 0 Å². The maximum absolute atomic E-state index is 14.7. The zero-order valence-corrected chi connectivity index (χ0v) is 19.3. The Morgan fingerprint density at radius 3 is 2.73 bits per heavy atom. The Morgan fingerprint density at radius 1 is 1.21 bits per heavy atom. The minimum atomic E-state index is -3.68. The van der Waals surface area contributed by atoms with Crippen molar-refractivity contribution in [2.45, 2.75) is 17.9 Å². The summed E-state index contributed by atoms with van der Waals surface area (Å²) in [5.74, 6) is -0.116. The number of halogens is 1. The molecule has 1 aliphatic rings. The van der Waals surface area contributed by atoms with Crippen molar-refractivity contribution in [1.82, 2.24) is 20.1 Å². The van der Waals surface area contributed by atoms with Gasteiger partial charge in [-0.25, -0.2) is 27.9 Å². The number of aromatic nitrogens is 2. The molecule has 0 spiro atoms. The van der Waals surface area contributed by atoms with Crippen LogP contribution >= 0.6 is 0 Å². The number of hydrogen-bond acceptors (Lipinski definition) is 9. The average molecular weight is 474 g/mol. The van der Waals surface area contributed by atoms with Crippen LogP contribution < -0.4 is 30.5 Å². The summed E-state index contributed by atoms with van der Waals surface area (Å²) < 4.78 is 46.6. The van der Waals surface area contributed by atoms with Crippen molar-refractivity contribution in [1.29, 1.82) is 0 Å². The van der Waals surface area contributed by atoms with E-state index >= 15 is 0 Å². The molecule has 12 heteroatoms. The fourth-order valence-electron chi connectivity index (χ4n) is 3.47. The lowest BCUT2D eigenvalue weighted by Crippen LogP contribution is -2.18. The van der Waals surface area contributed by atoms with Gasteiger partial charge in [-0.1, -0.05) is 6.07 Å². The molecule has 4 rings (SSSR count). The Bertz CT molecular complexity index is 1300. The second-order valence-electron chi connectivity index (χ2n) is 7.38. The number of sulfonamides is 1. The Morgan fingerprint density at radius 2 is 2.00 bits per heavy atom. The van der Waals surface area contributed by atoms with E-state index in [9.17, 15) is 12.8 Å². The van der Waals surface area contributed by atoms with Crippen LogP contribution in [0.5, 0.6) is 5.75 Å². The molecule has 0 radical (unpaired) electrons. The fraction of sp³-hybridized carbons (Fsp3) is 0.238. The van der Waals surface area contributed by atoms with Crippen LogP contribution in [0.15, 0.2) is 47.5 Å².